The van der Waals surface area contributed by atoms with E-state index in [-0.39, 0.29) is 5.69 Å². The largest absolute Gasteiger partial charge is 0.461 e. The standard InChI is InChI=1S/C12H13N3O2S/c1-3-17-12(16)10-4-5-13-11(15-10)6-9-7-18-8(2)14-9/h4-5,7H,3,6H2,1-2H3. The topological polar surface area (TPSA) is 65.0 Å². The zero-order chi connectivity index (χ0) is 13.0. The monoisotopic (exact) mass is 263 g/mol. The molecule has 0 aromatic carbocycles. The lowest BCUT2D eigenvalue weighted by Crippen LogP contribution is -2.09. The molecule has 94 valence electrons. The summed E-state index contributed by atoms with van der Waals surface area (Å²) in [6.07, 6.45) is 2.09. The zero-order valence-corrected chi connectivity index (χ0v) is 11.0. The SMILES string of the molecule is CCOC(=O)c1ccnc(Cc2csc(C)n2)n1. The van der Waals surface area contributed by atoms with Crippen LogP contribution in [0.5, 0.6) is 0 Å². The van der Waals surface area contributed by atoms with Crippen molar-refractivity contribution in [1.82, 2.24) is 15.0 Å². The third-order valence-corrected chi connectivity index (χ3v) is 3.02. The summed E-state index contributed by atoms with van der Waals surface area (Å²) < 4.78 is 4.89. The van der Waals surface area contributed by atoms with Crippen molar-refractivity contribution in [1.29, 1.82) is 0 Å². The van der Waals surface area contributed by atoms with Gasteiger partial charge in [-0.15, -0.1) is 11.3 Å². The number of nitrogens with zero attached hydrogens (tertiary/aromatic N) is 3. The van der Waals surface area contributed by atoms with Gasteiger partial charge in [-0.05, 0) is 19.9 Å². The van der Waals surface area contributed by atoms with Gasteiger partial charge in [0.15, 0.2) is 5.69 Å². The van der Waals surface area contributed by atoms with Gasteiger partial charge in [0, 0.05) is 11.6 Å². The molecular formula is C12H13N3O2S. The molecule has 0 radical (unpaired) electrons. The number of carbonyl (C=O) groups excluding carboxylic acids is 1. The molecule has 0 fully saturated rings. The molecule has 0 aliphatic carbocycles. The van der Waals surface area contributed by atoms with Crippen LogP contribution in [0, 0.1) is 6.92 Å². The lowest BCUT2D eigenvalue weighted by molar-refractivity contribution is 0.0519. The summed E-state index contributed by atoms with van der Waals surface area (Å²) in [5.41, 5.74) is 1.20. The van der Waals surface area contributed by atoms with Crippen molar-refractivity contribution in [2.75, 3.05) is 6.61 Å². The highest BCUT2D eigenvalue weighted by atomic mass is 32.1. The van der Waals surface area contributed by atoms with E-state index in [4.69, 9.17) is 4.74 Å². The quantitative estimate of drug-likeness (QED) is 0.789. The van der Waals surface area contributed by atoms with Gasteiger partial charge >= 0.3 is 5.97 Å². The first-order valence-electron chi connectivity index (χ1n) is 5.59. The molecule has 2 aromatic heterocycles. The number of thiazole rings is 1. The average Bonchev–Trinajstić information content (AvgIpc) is 2.75. The highest BCUT2D eigenvalue weighted by molar-refractivity contribution is 7.09. The molecule has 18 heavy (non-hydrogen) atoms. The fourth-order valence-electron chi connectivity index (χ4n) is 1.45. The fraction of sp³-hybridized carbons (Fsp3) is 0.333. The minimum atomic E-state index is -0.421. The number of aryl methyl sites for hydroxylation is 1. The lowest BCUT2D eigenvalue weighted by Gasteiger charge is -2.02. The lowest BCUT2D eigenvalue weighted by atomic mass is 10.3. The molecule has 0 unspecified atom stereocenters. The van der Waals surface area contributed by atoms with Crippen LogP contribution in [0.1, 0.15) is 33.9 Å². The number of hydrogen-bond donors (Lipinski definition) is 0. The second-order valence-electron chi connectivity index (χ2n) is 3.61. The van der Waals surface area contributed by atoms with E-state index in [0.29, 0.717) is 18.9 Å². The van der Waals surface area contributed by atoms with Gasteiger partial charge in [0.1, 0.15) is 5.82 Å². The van der Waals surface area contributed by atoms with E-state index in [1.54, 1.807) is 30.5 Å². The maximum absolute atomic E-state index is 11.5. The Labute approximate surface area is 109 Å². The minimum absolute atomic E-state index is 0.286. The summed E-state index contributed by atoms with van der Waals surface area (Å²) in [7, 11) is 0. The van der Waals surface area contributed by atoms with Gasteiger partial charge in [0.25, 0.3) is 0 Å². The summed E-state index contributed by atoms with van der Waals surface area (Å²) in [6, 6.07) is 1.55. The van der Waals surface area contributed by atoms with Crippen molar-refractivity contribution >= 4 is 17.3 Å². The summed E-state index contributed by atoms with van der Waals surface area (Å²) in [5, 5.41) is 2.97. The number of ether oxygens (including phenoxy) is 1. The van der Waals surface area contributed by atoms with E-state index in [1.165, 1.54) is 0 Å². The molecule has 0 atom stereocenters. The van der Waals surface area contributed by atoms with Crippen molar-refractivity contribution in [3.8, 4) is 0 Å². The van der Waals surface area contributed by atoms with Crippen LogP contribution in [0.25, 0.3) is 0 Å². The van der Waals surface area contributed by atoms with Gasteiger partial charge in [-0.1, -0.05) is 0 Å². The van der Waals surface area contributed by atoms with Crippen molar-refractivity contribution in [2.24, 2.45) is 0 Å². The van der Waals surface area contributed by atoms with Gasteiger partial charge in [-0.3, -0.25) is 0 Å². The summed E-state index contributed by atoms with van der Waals surface area (Å²) >= 11 is 1.58. The van der Waals surface area contributed by atoms with Crippen LogP contribution in [-0.4, -0.2) is 27.5 Å². The van der Waals surface area contributed by atoms with Crippen molar-refractivity contribution in [2.45, 2.75) is 20.3 Å². The Morgan fingerprint density at radius 1 is 1.44 bits per heavy atom. The second-order valence-corrected chi connectivity index (χ2v) is 4.68. The Hall–Kier alpha value is -1.82. The summed E-state index contributed by atoms with van der Waals surface area (Å²) in [4.78, 5) is 24.2. The molecule has 6 heteroatoms. The second kappa shape index (κ2) is 5.68. The normalized spacial score (nSPS) is 10.3. The summed E-state index contributed by atoms with van der Waals surface area (Å²) in [6.45, 7) is 4.05. The molecule has 5 nitrogen and oxygen atoms in total. The van der Waals surface area contributed by atoms with Crippen LogP contribution in [0.2, 0.25) is 0 Å². The number of carbonyl (C=O) groups is 1. The molecular weight excluding hydrogens is 250 g/mol. The van der Waals surface area contributed by atoms with Gasteiger partial charge in [-0.25, -0.2) is 19.7 Å². The van der Waals surface area contributed by atoms with Crippen LogP contribution in [0.4, 0.5) is 0 Å². The number of esters is 1. The Morgan fingerprint density at radius 3 is 2.94 bits per heavy atom. The van der Waals surface area contributed by atoms with Crippen LogP contribution < -0.4 is 0 Å². The summed E-state index contributed by atoms with van der Waals surface area (Å²) in [5.74, 6) is 0.154. The molecule has 0 aliphatic heterocycles. The molecule has 0 bridgehead atoms. The van der Waals surface area contributed by atoms with Crippen molar-refractivity contribution < 1.29 is 9.53 Å². The van der Waals surface area contributed by atoms with Crippen LogP contribution in [-0.2, 0) is 11.2 Å². The smallest absolute Gasteiger partial charge is 0.357 e. The zero-order valence-electron chi connectivity index (χ0n) is 10.2. The van der Waals surface area contributed by atoms with Crippen molar-refractivity contribution in [3.05, 3.63) is 39.9 Å². The molecule has 0 amide bonds. The predicted molar refractivity (Wildman–Crippen MR) is 67.6 cm³/mol. The van der Waals surface area contributed by atoms with Crippen LogP contribution in [0.3, 0.4) is 0 Å². The van der Waals surface area contributed by atoms with Gasteiger partial charge in [0.05, 0.1) is 23.7 Å². The molecule has 2 aromatic rings. The first-order valence-corrected chi connectivity index (χ1v) is 6.47. The Balaban J connectivity index is 2.14. The van der Waals surface area contributed by atoms with Gasteiger partial charge < -0.3 is 4.74 Å². The number of hydrogen-bond acceptors (Lipinski definition) is 6. The van der Waals surface area contributed by atoms with E-state index in [2.05, 4.69) is 15.0 Å². The highest BCUT2D eigenvalue weighted by Crippen LogP contribution is 2.11. The Bertz CT molecular complexity index is 554. The molecule has 0 saturated heterocycles. The first kappa shape index (κ1) is 12.6. The Morgan fingerprint density at radius 2 is 2.28 bits per heavy atom. The van der Waals surface area contributed by atoms with E-state index < -0.39 is 5.97 Å². The maximum Gasteiger partial charge on any atom is 0.357 e. The molecule has 0 spiro atoms. The molecule has 2 rings (SSSR count). The van der Waals surface area contributed by atoms with E-state index in [1.807, 2.05) is 12.3 Å². The van der Waals surface area contributed by atoms with E-state index in [9.17, 15) is 4.79 Å². The number of rotatable bonds is 4. The van der Waals surface area contributed by atoms with Gasteiger partial charge in [-0.2, -0.15) is 0 Å². The van der Waals surface area contributed by atoms with Crippen LogP contribution >= 0.6 is 11.3 Å². The average molecular weight is 263 g/mol. The number of aromatic nitrogens is 3. The van der Waals surface area contributed by atoms with Crippen molar-refractivity contribution in [3.63, 3.8) is 0 Å². The third kappa shape index (κ3) is 3.10. The maximum atomic E-state index is 11.5. The Kier molecular flexibility index (Phi) is 3.99. The molecule has 0 N–H and O–H groups in total. The fourth-order valence-corrected chi connectivity index (χ4v) is 2.07. The van der Waals surface area contributed by atoms with Gasteiger partial charge in [0.2, 0.25) is 0 Å². The molecule has 0 saturated carbocycles. The van der Waals surface area contributed by atoms with E-state index >= 15 is 0 Å². The predicted octanol–water partition coefficient (Wildman–Crippen LogP) is 2.01. The minimum Gasteiger partial charge on any atom is -0.461 e. The third-order valence-electron chi connectivity index (χ3n) is 2.20. The van der Waals surface area contributed by atoms with Crippen LogP contribution in [0.15, 0.2) is 17.6 Å². The van der Waals surface area contributed by atoms with E-state index in [0.717, 1.165) is 10.7 Å². The molecule has 0 aliphatic rings. The molecule has 2 heterocycles. The highest BCUT2D eigenvalue weighted by Gasteiger charge is 2.10. The first-order chi connectivity index (χ1) is 8.69.